The summed E-state index contributed by atoms with van der Waals surface area (Å²) in [5.74, 6) is 0.531. The molecule has 1 aromatic carbocycles. The number of carbonyl (C=O) groups is 2. The molecule has 25 heavy (non-hydrogen) atoms. The Hall–Kier alpha value is -2.21. The van der Waals surface area contributed by atoms with E-state index in [1.165, 1.54) is 6.08 Å². The maximum Gasteiger partial charge on any atom is 0.244 e. The van der Waals surface area contributed by atoms with Gasteiger partial charge < -0.3 is 20.1 Å². The summed E-state index contributed by atoms with van der Waals surface area (Å²) in [6.07, 6.45) is 4.61. The van der Waals surface area contributed by atoms with Crippen molar-refractivity contribution in [2.24, 2.45) is 0 Å². The Morgan fingerprint density at radius 1 is 1.32 bits per heavy atom. The second kappa shape index (κ2) is 9.32. The first-order valence-corrected chi connectivity index (χ1v) is 8.74. The summed E-state index contributed by atoms with van der Waals surface area (Å²) in [5.41, 5.74) is 0.715. The van der Waals surface area contributed by atoms with E-state index in [-0.39, 0.29) is 11.8 Å². The number of halogens is 1. The molecule has 0 fully saturated rings. The summed E-state index contributed by atoms with van der Waals surface area (Å²) in [6, 6.07) is 2.88. The van der Waals surface area contributed by atoms with Crippen LogP contribution in [0.2, 0.25) is 5.02 Å². The molecule has 1 heterocycles. The molecule has 1 atom stereocenters. The molecule has 0 saturated heterocycles. The molecule has 0 aromatic heterocycles. The van der Waals surface area contributed by atoms with Gasteiger partial charge in [0.25, 0.3) is 0 Å². The summed E-state index contributed by atoms with van der Waals surface area (Å²) in [6.45, 7) is 5.31. The van der Waals surface area contributed by atoms with E-state index in [4.69, 9.17) is 21.1 Å². The van der Waals surface area contributed by atoms with Gasteiger partial charge >= 0.3 is 0 Å². The van der Waals surface area contributed by atoms with Gasteiger partial charge in [0.1, 0.15) is 6.04 Å². The first-order chi connectivity index (χ1) is 12.0. The summed E-state index contributed by atoms with van der Waals surface area (Å²) in [7, 11) is 0. The van der Waals surface area contributed by atoms with E-state index in [9.17, 15) is 9.59 Å². The number of hydrogen-bond donors (Lipinski definition) is 2. The molecule has 1 aliphatic heterocycles. The molecule has 0 spiro atoms. The van der Waals surface area contributed by atoms with Gasteiger partial charge in [-0.05, 0) is 37.1 Å². The van der Waals surface area contributed by atoms with Gasteiger partial charge in [0, 0.05) is 19.0 Å². The lowest BCUT2D eigenvalue weighted by Crippen LogP contribution is -2.44. The zero-order valence-corrected chi connectivity index (χ0v) is 15.2. The second-order valence-corrected chi connectivity index (χ2v) is 6.14. The average Bonchev–Trinajstić information content (AvgIpc) is 2.83. The molecular weight excluding hydrogens is 344 g/mol. The Bertz CT molecular complexity index is 661. The first kappa shape index (κ1) is 19.1. The predicted molar refractivity (Wildman–Crippen MR) is 97.0 cm³/mol. The van der Waals surface area contributed by atoms with Crippen LogP contribution in [-0.4, -0.2) is 37.6 Å². The SMILES string of the molecule is CCCNC(=O)[C@@H](C)NC(=O)/C=C/c1cc(Cl)c2c(c1)OCCCO2. The Morgan fingerprint density at radius 3 is 2.84 bits per heavy atom. The minimum absolute atomic E-state index is 0.206. The molecular formula is C18H23ClN2O4. The molecule has 6 nitrogen and oxygen atoms in total. The second-order valence-electron chi connectivity index (χ2n) is 5.74. The molecule has 7 heteroatoms. The van der Waals surface area contributed by atoms with Gasteiger partial charge in [-0.1, -0.05) is 18.5 Å². The van der Waals surface area contributed by atoms with E-state index in [1.807, 2.05) is 6.92 Å². The maximum atomic E-state index is 12.0. The Balaban J connectivity index is 1.99. The van der Waals surface area contributed by atoms with Crippen LogP contribution in [0.25, 0.3) is 6.08 Å². The van der Waals surface area contributed by atoms with Crippen molar-refractivity contribution >= 4 is 29.5 Å². The van der Waals surface area contributed by atoms with Crippen LogP contribution in [-0.2, 0) is 9.59 Å². The summed E-state index contributed by atoms with van der Waals surface area (Å²) in [4.78, 5) is 23.7. The number of rotatable bonds is 6. The third-order valence-corrected chi connectivity index (χ3v) is 3.83. The summed E-state index contributed by atoms with van der Waals surface area (Å²) >= 11 is 6.22. The maximum absolute atomic E-state index is 12.0. The normalized spacial score (nSPS) is 14.7. The van der Waals surface area contributed by atoms with Crippen LogP contribution in [0.5, 0.6) is 11.5 Å². The zero-order chi connectivity index (χ0) is 18.2. The van der Waals surface area contributed by atoms with Crippen LogP contribution in [0.15, 0.2) is 18.2 Å². The number of hydrogen-bond acceptors (Lipinski definition) is 4. The van der Waals surface area contributed by atoms with Crippen molar-refractivity contribution in [1.82, 2.24) is 10.6 Å². The largest absolute Gasteiger partial charge is 0.489 e. The van der Waals surface area contributed by atoms with Gasteiger partial charge in [-0.15, -0.1) is 0 Å². The van der Waals surface area contributed by atoms with Crippen LogP contribution in [0.4, 0.5) is 0 Å². The molecule has 0 saturated carbocycles. The van der Waals surface area contributed by atoms with Crippen LogP contribution >= 0.6 is 11.6 Å². The van der Waals surface area contributed by atoms with Gasteiger partial charge in [-0.25, -0.2) is 0 Å². The van der Waals surface area contributed by atoms with Crippen molar-refractivity contribution in [3.05, 3.63) is 28.8 Å². The number of ether oxygens (including phenoxy) is 2. The highest BCUT2D eigenvalue weighted by Crippen LogP contribution is 2.38. The molecule has 136 valence electrons. The molecule has 0 radical (unpaired) electrons. The lowest BCUT2D eigenvalue weighted by molar-refractivity contribution is -0.126. The molecule has 0 unspecified atom stereocenters. The van der Waals surface area contributed by atoms with Crippen LogP contribution in [0.3, 0.4) is 0 Å². The van der Waals surface area contributed by atoms with E-state index in [2.05, 4.69) is 10.6 Å². The quantitative estimate of drug-likeness (QED) is 0.758. The number of nitrogens with one attached hydrogen (secondary N) is 2. The molecule has 2 N–H and O–H groups in total. The van der Waals surface area contributed by atoms with Crippen molar-refractivity contribution in [1.29, 1.82) is 0 Å². The Labute approximate surface area is 152 Å². The molecule has 1 aliphatic rings. The molecule has 0 aliphatic carbocycles. The highest BCUT2D eigenvalue weighted by atomic mass is 35.5. The van der Waals surface area contributed by atoms with Crippen LogP contribution in [0.1, 0.15) is 32.3 Å². The summed E-state index contributed by atoms with van der Waals surface area (Å²) in [5, 5.41) is 5.79. The van der Waals surface area contributed by atoms with Crippen LogP contribution in [0, 0.1) is 0 Å². The lowest BCUT2D eigenvalue weighted by atomic mass is 10.2. The lowest BCUT2D eigenvalue weighted by Gasteiger charge is -2.12. The standard InChI is InChI=1S/C18H23ClN2O4/c1-3-7-20-18(23)12(2)21-16(22)6-5-13-10-14(19)17-15(11-13)24-8-4-9-25-17/h5-6,10-12H,3-4,7-9H2,1-2H3,(H,20,23)(H,21,22)/b6-5+/t12-/m1/s1. The van der Waals surface area contributed by atoms with E-state index in [0.717, 1.165) is 12.8 Å². The number of benzene rings is 1. The van der Waals surface area contributed by atoms with Gasteiger partial charge in [-0.3, -0.25) is 9.59 Å². The third kappa shape index (κ3) is 5.67. The topological polar surface area (TPSA) is 76.7 Å². The van der Waals surface area contributed by atoms with E-state index in [0.29, 0.717) is 41.8 Å². The first-order valence-electron chi connectivity index (χ1n) is 8.36. The van der Waals surface area contributed by atoms with Gasteiger partial charge in [-0.2, -0.15) is 0 Å². The van der Waals surface area contributed by atoms with Gasteiger partial charge in [0.05, 0.1) is 18.2 Å². The molecule has 2 amide bonds. The van der Waals surface area contributed by atoms with E-state index >= 15 is 0 Å². The zero-order valence-electron chi connectivity index (χ0n) is 14.4. The minimum Gasteiger partial charge on any atom is -0.489 e. The minimum atomic E-state index is -0.601. The van der Waals surface area contributed by atoms with Crippen molar-refractivity contribution in [3.8, 4) is 11.5 Å². The fourth-order valence-corrected chi connectivity index (χ4v) is 2.52. The smallest absolute Gasteiger partial charge is 0.244 e. The predicted octanol–water partition coefficient (Wildman–Crippen LogP) is 2.55. The Morgan fingerprint density at radius 2 is 2.08 bits per heavy atom. The van der Waals surface area contributed by atoms with E-state index < -0.39 is 6.04 Å². The number of carbonyl (C=O) groups excluding carboxylic acids is 2. The molecule has 2 rings (SSSR count). The van der Waals surface area contributed by atoms with E-state index in [1.54, 1.807) is 25.1 Å². The summed E-state index contributed by atoms with van der Waals surface area (Å²) < 4.78 is 11.2. The molecule has 1 aromatic rings. The fourth-order valence-electron chi connectivity index (χ4n) is 2.25. The van der Waals surface area contributed by atoms with Gasteiger partial charge in [0.15, 0.2) is 11.5 Å². The van der Waals surface area contributed by atoms with Crippen LogP contribution < -0.4 is 20.1 Å². The third-order valence-electron chi connectivity index (χ3n) is 3.55. The van der Waals surface area contributed by atoms with Crippen molar-refractivity contribution in [2.45, 2.75) is 32.7 Å². The number of fused-ring (bicyclic) bond motifs is 1. The van der Waals surface area contributed by atoms with Crippen molar-refractivity contribution in [3.63, 3.8) is 0 Å². The van der Waals surface area contributed by atoms with Gasteiger partial charge in [0.2, 0.25) is 11.8 Å². The Kier molecular flexibility index (Phi) is 7.13. The fraction of sp³-hybridized carbons (Fsp3) is 0.444. The van der Waals surface area contributed by atoms with Crippen molar-refractivity contribution < 1.29 is 19.1 Å². The molecule has 0 bridgehead atoms. The highest BCUT2D eigenvalue weighted by Gasteiger charge is 2.16. The monoisotopic (exact) mass is 366 g/mol. The highest BCUT2D eigenvalue weighted by molar-refractivity contribution is 6.32. The average molecular weight is 367 g/mol. The van der Waals surface area contributed by atoms with Crippen molar-refractivity contribution in [2.75, 3.05) is 19.8 Å². The number of amides is 2.